The van der Waals surface area contributed by atoms with Crippen molar-refractivity contribution in [3.8, 4) is 11.5 Å². The first-order valence-electron chi connectivity index (χ1n) is 17.1. The van der Waals surface area contributed by atoms with Crippen molar-refractivity contribution in [1.29, 1.82) is 0 Å². The average Bonchev–Trinajstić information content (AvgIpc) is 3.16. The van der Waals surface area contributed by atoms with Crippen LogP contribution in [-0.4, -0.2) is 35.7 Å². The van der Waals surface area contributed by atoms with Gasteiger partial charge in [0.25, 0.3) is 0 Å². The molecule has 1 aliphatic heterocycles. The molecule has 0 bridgehead atoms. The van der Waals surface area contributed by atoms with Crippen molar-refractivity contribution in [3.05, 3.63) is 161 Å². The number of aliphatic hydroxyl groups is 1. The fourth-order valence-corrected chi connectivity index (χ4v) is 6.14. The summed E-state index contributed by atoms with van der Waals surface area (Å²) in [5, 5.41) is 15.4. The molecule has 1 saturated heterocycles. The molecule has 3 N–H and O–H groups in total. The Morgan fingerprint density at radius 2 is 1.38 bits per heavy atom. The summed E-state index contributed by atoms with van der Waals surface area (Å²) in [6.45, 7) is 5.47. The zero-order chi connectivity index (χ0) is 34.9. The molecule has 8 nitrogen and oxygen atoms in total. The van der Waals surface area contributed by atoms with E-state index in [2.05, 4.69) is 60.7 Å². The van der Waals surface area contributed by atoms with Gasteiger partial charge in [-0.25, -0.2) is 4.79 Å². The maximum atomic E-state index is 12.7. The zero-order valence-corrected chi connectivity index (χ0v) is 28.7. The number of nitrogens with zero attached hydrogens (tertiary/aromatic N) is 1. The van der Waals surface area contributed by atoms with Gasteiger partial charge in [-0.15, -0.1) is 0 Å². The van der Waals surface area contributed by atoms with Crippen molar-refractivity contribution in [2.75, 3.05) is 18.9 Å². The van der Waals surface area contributed by atoms with Gasteiger partial charge in [0.05, 0.1) is 18.8 Å². The number of anilines is 1. The summed E-state index contributed by atoms with van der Waals surface area (Å²) >= 11 is 0. The standard InChI is InChI=1S/C42H45N3O5/c1-29-39(27-45(3)30(2)33-10-6-4-7-11-33)49-41(50-40(29)34-18-16-32(28-46)17-19-34)35-20-14-31(15-21-35)26-43-42(47)44-36-22-24-38(25-23-36)48-37-12-8-5-9-13-37/h4-25,29-30,39-41,46H,26-28H2,1-3H3,(H2,43,44,47)/t29-,30-,39+,40+,41+/m0/s1. The number of carbonyl (C=O) groups excluding carboxylic acids is 1. The maximum Gasteiger partial charge on any atom is 0.319 e. The van der Waals surface area contributed by atoms with Gasteiger partial charge in [-0.05, 0) is 72.6 Å². The molecule has 0 unspecified atom stereocenters. The topological polar surface area (TPSA) is 92.3 Å². The number of para-hydroxylation sites is 1. The maximum absolute atomic E-state index is 12.7. The van der Waals surface area contributed by atoms with Crippen LogP contribution in [0.2, 0.25) is 0 Å². The fraction of sp³-hybridized carbons (Fsp3) is 0.262. The first-order valence-corrected chi connectivity index (χ1v) is 17.1. The van der Waals surface area contributed by atoms with Crippen molar-refractivity contribution in [2.24, 2.45) is 5.92 Å². The van der Waals surface area contributed by atoms with Gasteiger partial charge in [0.15, 0.2) is 6.29 Å². The first-order chi connectivity index (χ1) is 24.4. The summed E-state index contributed by atoms with van der Waals surface area (Å²) in [7, 11) is 2.14. The molecular weight excluding hydrogens is 626 g/mol. The van der Waals surface area contributed by atoms with Gasteiger partial charge in [-0.1, -0.05) is 104 Å². The third kappa shape index (κ3) is 8.97. The van der Waals surface area contributed by atoms with Crippen LogP contribution in [-0.2, 0) is 22.6 Å². The number of urea groups is 1. The Labute approximate surface area is 294 Å². The van der Waals surface area contributed by atoms with Crippen molar-refractivity contribution < 1.29 is 24.1 Å². The average molecular weight is 672 g/mol. The number of ether oxygens (including phenoxy) is 3. The van der Waals surface area contributed by atoms with Crippen LogP contribution in [0.4, 0.5) is 10.5 Å². The number of hydrogen-bond donors (Lipinski definition) is 3. The second-order valence-electron chi connectivity index (χ2n) is 12.8. The summed E-state index contributed by atoms with van der Waals surface area (Å²) < 4.78 is 19.2. The second kappa shape index (κ2) is 16.6. The third-order valence-electron chi connectivity index (χ3n) is 9.33. The van der Waals surface area contributed by atoms with Crippen LogP contribution in [0.1, 0.15) is 60.1 Å². The fourth-order valence-electron chi connectivity index (χ4n) is 6.14. The molecule has 0 saturated carbocycles. The summed E-state index contributed by atoms with van der Waals surface area (Å²) in [5.41, 5.74) is 5.69. The lowest BCUT2D eigenvalue weighted by atomic mass is 9.89. The lowest BCUT2D eigenvalue weighted by Crippen LogP contribution is -2.44. The van der Waals surface area contributed by atoms with Crippen LogP contribution in [0.15, 0.2) is 133 Å². The molecule has 6 rings (SSSR count). The minimum Gasteiger partial charge on any atom is -0.457 e. The quantitative estimate of drug-likeness (QED) is 0.123. The number of nitrogens with one attached hydrogen (secondary N) is 2. The van der Waals surface area contributed by atoms with Gasteiger partial charge >= 0.3 is 6.03 Å². The molecule has 0 radical (unpaired) electrons. The number of rotatable bonds is 12. The normalized spacial score (nSPS) is 19.5. The Hall–Kier alpha value is -4.99. The van der Waals surface area contributed by atoms with Gasteiger partial charge in [0.1, 0.15) is 11.5 Å². The molecule has 0 spiro atoms. The van der Waals surface area contributed by atoms with Crippen LogP contribution < -0.4 is 15.4 Å². The molecule has 1 aliphatic rings. The molecule has 50 heavy (non-hydrogen) atoms. The summed E-state index contributed by atoms with van der Waals surface area (Å²) in [4.78, 5) is 15.0. The van der Waals surface area contributed by atoms with E-state index in [-0.39, 0.29) is 36.8 Å². The molecule has 0 aliphatic carbocycles. The minimum atomic E-state index is -0.571. The molecule has 2 amide bonds. The van der Waals surface area contributed by atoms with E-state index in [0.29, 0.717) is 18.0 Å². The smallest absolute Gasteiger partial charge is 0.319 e. The number of carbonyl (C=O) groups is 1. The van der Waals surface area contributed by atoms with Crippen molar-refractivity contribution in [2.45, 2.75) is 51.5 Å². The Balaban J connectivity index is 1.08. The number of amides is 2. The minimum absolute atomic E-state index is 0.00152. The largest absolute Gasteiger partial charge is 0.457 e. The second-order valence-corrected chi connectivity index (χ2v) is 12.8. The summed E-state index contributed by atoms with van der Waals surface area (Å²) in [5.74, 6) is 1.52. The van der Waals surface area contributed by atoms with E-state index >= 15 is 0 Å². The van der Waals surface area contributed by atoms with Crippen molar-refractivity contribution in [1.82, 2.24) is 10.2 Å². The van der Waals surface area contributed by atoms with Crippen LogP contribution in [0.5, 0.6) is 11.5 Å². The molecule has 5 aromatic carbocycles. The summed E-state index contributed by atoms with van der Waals surface area (Å²) in [6.07, 6.45) is -0.870. The molecule has 258 valence electrons. The van der Waals surface area contributed by atoms with Crippen LogP contribution in [0, 0.1) is 5.92 Å². The number of hydrogen-bond acceptors (Lipinski definition) is 6. The van der Waals surface area contributed by atoms with Gasteiger partial charge in [-0.2, -0.15) is 0 Å². The van der Waals surface area contributed by atoms with E-state index in [1.165, 1.54) is 5.56 Å². The summed E-state index contributed by atoms with van der Waals surface area (Å²) in [6, 6.07) is 43.1. The number of benzene rings is 5. The molecule has 1 heterocycles. The highest BCUT2D eigenvalue weighted by Gasteiger charge is 2.39. The van der Waals surface area contributed by atoms with Gasteiger partial charge in [0.2, 0.25) is 0 Å². The SMILES string of the molecule is C[C@H]1[C@@H](CN(C)[C@@H](C)c2ccccc2)O[C@@H](c2ccc(CNC(=O)Nc3ccc(Oc4ccccc4)cc3)cc2)O[C@H]1c1ccc(CO)cc1. The van der Waals surface area contributed by atoms with Gasteiger partial charge < -0.3 is 30.0 Å². The lowest BCUT2D eigenvalue weighted by Gasteiger charge is -2.43. The predicted octanol–water partition coefficient (Wildman–Crippen LogP) is 8.78. The molecule has 5 aromatic rings. The molecule has 0 aromatic heterocycles. The van der Waals surface area contributed by atoms with E-state index in [0.717, 1.165) is 34.5 Å². The highest BCUT2D eigenvalue weighted by Crippen LogP contribution is 2.42. The Bertz CT molecular complexity index is 1780. The van der Waals surface area contributed by atoms with Crippen molar-refractivity contribution in [3.63, 3.8) is 0 Å². The Morgan fingerprint density at radius 1 is 0.780 bits per heavy atom. The Morgan fingerprint density at radius 3 is 2.04 bits per heavy atom. The third-order valence-corrected chi connectivity index (χ3v) is 9.33. The van der Waals surface area contributed by atoms with Crippen LogP contribution >= 0.6 is 0 Å². The number of likely N-dealkylation sites (N-methyl/N-ethyl adjacent to an activating group) is 1. The highest BCUT2D eigenvalue weighted by atomic mass is 16.7. The molecule has 8 heteroatoms. The van der Waals surface area contributed by atoms with Crippen molar-refractivity contribution >= 4 is 11.7 Å². The molecule has 1 fully saturated rings. The lowest BCUT2D eigenvalue weighted by molar-refractivity contribution is -0.276. The van der Waals surface area contributed by atoms with Crippen LogP contribution in [0.25, 0.3) is 0 Å². The van der Waals surface area contributed by atoms with Crippen LogP contribution in [0.3, 0.4) is 0 Å². The van der Waals surface area contributed by atoms with E-state index in [1.54, 1.807) is 12.1 Å². The first kappa shape index (κ1) is 34.9. The van der Waals surface area contributed by atoms with Gasteiger partial charge in [-0.3, -0.25) is 4.90 Å². The van der Waals surface area contributed by atoms with E-state index in [4.69, 9.17) is 14.2 Å². The molecule has 5 atom stereocenters. The number of aliphatic hydroxyl groups excluding tert-OH is 1. The van der Waals surface area contributed by atoms with E-state index in [1.807, 2.05) is 97.1 Å². The molecular formula is C42H45N3O5. The van der Waals surface area contributed by atoms with Gasteiger partial charge in [0, 0.05) is 36.3 Å². The van der Waals surface area contributed by atoms with E-state index in [9.17, 15) is 9.90 Å². The predicted molar refractivity (Wildman–Crippen MR) is 196 cm³/mol. The zero-order valence-electron chi connectivity index (χ0n) is 28.7. The van der Waals surface area contributed by atoms with E-state index < -0.39 is 6.29 Å². The Kier molecular flexibility index (Phi) is 11.6. The monoisotopic (exact) mass is 671 g/mol. The highest BCUT2D eigenvalue weighted by molar-refractivity contribution is 5.89.